The highest BCUT2D eigenvalue weighted by molar-refractivity contribution is 7.18. The minimum absolute atomic E-state index is 0.0312. The SMILES string of the molecule is CCOC(=O)c1sc(N)c(C(=O)OCC)c1COC(=O)c1cccc(C)c1C. The van der Waals surface area contributed by atoms with Gasteiger partial charge >= 0.3 is 17.9 Å². The number of nitrogen functional groups attached to an aromatic ring is 1. The van der Waals surface area contributed by atoms with Crippen molar-refractivity contribution in [3.63, 3.8) is 0 Å². The number of thiophene rings is 1. The summed E-state index contributed by atoms with van der Waals surface area (Å²) in [5, 5.41) is 0.110. The summed E-state index contributed by atoms with van der Waals surface area (Å²) in [7, 11) is 0. The smallest absolute Gasteiger partial charge is 0.348 e. The van der Waals surface area contributed by atoms with E-state index in [-0.39, 0.29) is 40.8 Å². The van der Waals surface area contributed by atoms with E-state index in [0.29, 0.717) is 5.56 Å². The van der Waals surface area contributed by atoms with Crippen molar-refractivity contribution in [2.75, 3.05) is 18.9 Å². The van der Waals surface area contributed by atoms with Crippen LogP contribution in [0.3, 0.4) is 0 Å². The predicted octanol–water partition coefficient (Wildman–Crippen LogP) is 3.66. The molecular formula is C20H23NO6S. The molecule has 8 heteroatoms. The molecule has 150 valence electrons. The third-order valence-electron chi connectivity index (χ3n) is 4.15. The van der Waals surface area contributed by atoms with E-state index in [1.54, 1.807) is 26.0 Å². The Bertz CT molecular complexity index is 902. The van der Waals surface area contributed by atoms with Gasteiger partial charge in [-0.1, -0.05) is 12.1 Å². The van der Waals surface area contributed by atoms with Gasteiger partial charge in [0.2, 0.25) is 0 Å². The average Bonchev–Trinajstić information content (AvgIpc) is 2.98. The lowest BCUT2D eigenvalue weighted by atomic mass is 10.0. The van der Waals surface area contributed by atoms with E-state index < -0.39 is 17.9 Å². The Morgan fingerprint density at radius 1 is 0.964 bits per heavy atom. The first-order valence-electron chi connectivity index (χ1n) is 8.80. The van der Waals surface area contributed by atoms with Crippen LogP contribution in [0.1, 0.15) is 60.9 Å². The van der Waals surface area contributed by atoms with Gasteiger partial charge < -0.3 is 19.9 Å². The minimum atomic E-state index is -0.676. The molecule has 1 aromatic heterocycles. The maximum Gasteiger partial charge on any atom is 0.348 e. The van der Waals surface area contributed by atoms with Gasteiger partial charge in [-0.15, -0.1) is 11.3 Å². The molecule has 7 nitrogen and oxygen atoms in total. The number of esters is 3. The summed E-state index contributed by atoms with van der Waals surface area (Å²) < 4.78 is 15.4. The second-order valence-electron chi connectivity index (χ2n) is 5.91. The Kier molecular flexibility index (Phi) is 7.17. The summed E-state index contributed by atoms with van der Waals surface area (Å²) >= 11 is 0.907. The summed E-state index contributed by atoms with van der Waals surface area (Å²) in [6, 6.07) is 5.31. The summed E-state index contributed by atoms with van der Waals surface area (Å²) in [6.07, 6.45) is 0. The second kappa shape index (κ2) is 9.36. The van der Waals surface area contributed by atoms with Crippen molar-refractivity contribution in [2.45, 2.75) is 34.3 Å². The Morgan fingerprint density at radius 3 is 2.25 bits per heavy atom. The monoisotopic (exact) mass is 405 g/mol. The molecule has 2 aromatic rings. The molecule has 2 rings (SSSR count). The molecule has 1 heterocycles. The molecule has 0 aliphatic carbocycles. The van der Waals surface area contributed by atoms with Gasteiger partial charge in [-0.25, -0.2) is 14.4 Å². The van der Waals surface area contributed by atoms with Gasteiger partial charge in [0.05, 0.1) is 18.8 Å². The fourth-order valence-corrected chi connectivity index (χ4v) is 3.55. The van der Waals surface area contributed by atoms with E-state index in [1.807, 2.05) is 19.9 Å². The molecule has 0 spiro atoms. The van der Waals surface area contributed by atoms with Crippen LogP contribution in [0.2, 0.25) is 0 Å². The first-order chi connectivity index (χ1) is 13.3. The summed E-state index contributed by atoms with van der Waals surface area (Å²) in [5.41, 5.74) is 8.33. The molecule has 0 bridgehead atoms. The van der Waals surface area contributed by atoms with Gasteiger partial charge in [0.25, 0.3) is 0 Å². The highest BCUT2D eigenvalue weighted by Gasteiger charge is 2.28. The van der Waals surface area contributed by atoms with E-state index in [2.05, 4.69) is 0 Å². The molecule has 28 heavy (non-hydrogen) atoms. The number of carbonyl (C=O) groups is 3. The fraction of sp³-hybridized carbons (Fsp3) is 0.350. The number of hydrogen-bond donors (Lipinski definition) is 1. The van der Waals surface area contributed by atoms with Gasteiger partial charge in [0, 0.05) is 5.56 Å². The number of aryl methyl sites for hydroxylation is 1. The molecule has 0 aliphatic heterocycles. The van der Waals surface area contributed by atoms with E-state index in [9.17, 15) is 14.4 Å². The second-order valence-corrected chi connectivity index (χ2v) is 6.97. The Morgan fingerprint density at radius 2 is 1.61 bits per heavy atom. The zero-order valence-electron chi connectivity index (χ0n) is 16.3. The minimum Gasteiger partial charge on any atom is -0.462 e. The Hall–Kier alpha value is -2.87. The first-order valence-corrected chi connectivity index (χ1v) is 9.62. The van der Waals surface area contributed by atoms with Gasteiger partial charge in [-0.3, -0.25) is 0 Å². The third kappa shape index (κ3) is 4.51. The lowest BCUT2D eigenvalue weighted by Gasteiger charge is -2.11. The van der Waals surface area contributed by atoms with Crippen LogP contribution in [-0.4, -0.2) is 31.1 Å². The molecule has 0 amide bonds. The highest BCUT2D eigenvalue weighted by atomic mass is 32.1. The van der Waals surface area contributed by atoms with Crippen molar-refractivity contribution in [1.29, 1.82) is 0 Å². The van der Waals surface area contributed by atoms with Crippen molar-refractivity contribution in [1.82, 2.24) is 0 Å². The molecule has 0 radical (unpaired) electrons. The van der Waals surface area contributed by atoms with E-state index in [0.717, 1.165) is 22.5 Å². The van der Waals surface area contributed by atoms with Crippen LogP contribution < -0.4 is 5.73 Å². The molecule has 0 saturated carbocycles. The quantitative estimate of drug-likeness (QED) is 0.553. The number of benzene rings is 1. The van der Waals surface area contributed by atoms with Crippen molar-refractivity contribution in [2.24, 2.45) is 0 Å². The Labute approximate surface area is 167 Å². The number of carbonyl (C=O) groups excluding carboxylic acids is 3. The number of rotatable bonds is 7. The molecule has 0 atom stereocenters. The number of hydrogen-bond acceptors (Lipinski definition) is 8. The van der Waals surface area contributed by atoms with Crippen molar-refractivity contribution < 1.29 is 28.6 Å². The van der Waals surface area contributed by atoms with Crippen LogP contribution in [0.15, 0.2) is 18.2 Å². The van der Waals surface area contributed by atoms with Crippen molar-refractivity contribution in [3.05, 3.63) is 50.9 Å². The summed E-state index contributed by atoms with van der Waals surface area (Å²) in [4.78, 5) is 37.2. The molecule has 2 N–H and O–H groups in total. The number of ether oxygens (including phenoxy) is 3. The standard InChI is InChI=1S/C20H23NO6S/c1-5-25-19(23)15-14(16(28-17(15)21)20(24)26-6-2)10-27-18(22)13-9-7-8-11(3)12(13)4/h7-9H,5-6,10,21H2,1-4H3. The average molecular weight is 405 g/mol. The normalized spacial score (nSPS) is 10.4. The van der Waals surface area contributed by atoms with Crippen LogP contribution in [0.4, 0.5) is 5.00 Å². The summed E-state index contributed by atoms with van der Waals surface area (Å²) in [5.74, 6) is -1.87. The molecule has 0 fully saturated rings. The maximum absolute atomic E-state index is 12.5. The lowest BCUT2D eigenvalue weighted by Crippen LogP contribution is -2.14. The predicted molar refractivity (Wildman–Crippen MR) is 106 cm³/mol. The molecule has 0 aliphatic rings. The highest BCUT2D eigenvalue weighted by Crippen LogP contribution is 2.33. The maximum atomic E-state index is 12.5. The van der Waals surface area contributed by atoms with E-state index >= 15 is 0 Å². The van der Waals surface area contributed by atoms with Crippen LogP contribution in [0, 0.1) is 13.8 Å². The van der Waals surface area contributed by atoms with Crippen LogP contribution in [0.25, 0.3) is 0 Å². The lowest BCUT2D eigenvalue weighted by molar-refractivity contribution is 0.0437. The van der Waals surface area contributed by atoms with Crippen molar-refractivity contribution in [3.8, 4) is 0 Å². The van der Waals surface area contributed by atoms with Crippen molar-refractivity contribution >= 4 is 34.2 Å². The van der Waals surface area contributed by atoms with E-state index in [4.69, 9.17) is 19.9 Å². The topological polar surface area (TPSA) is 105 Å². The molecule has 1 aromatic carbocycles. The third-order valence-corrected chi connectivity index (χ3v) is 5.19. The van der Waals surface area contributed by atoms with Gasteiger partial charge in [-0.05, 0) is 44.9 Å². The molecule has 0 unspecified atom stereocenters. The zero-order valence-corrected chi connectivity index (χ0v) is 17.1. The van der Waals surface area contributed by atoms with E-state index in [1.165, 1.54) is 0 Å². The van der Waals surface area contributed by atoms with Crippen LogP contribution in [0.5, 0.6) is 0 Å². The first kappa shape index (κ1) is 21.4. The van der Waals surface area contributed by atoms with Crippen LogP contribution >= 0.6 is 11.3 Å². The van der Waals surface area contributed by atoms with Gasteiger partial charge in [0.1, 0.15) is 22.0 Å². The molecule has 0 saturated heterocycles. The fourth-order valence-electron chi connectivity index (χ4n) is 2.60. The van der Waals surface area contributed by atoms with Gasteiger partial charge in [-0.2, -0.15) is 0 Å². The number of anilines is 1. The zero-order chi connectivity index (χ0) is 20.8. The summed E-state index contributed by atoms with van der Waals surface area (Å²) in [6.45, 7) is 7.04. The molecular weight excluding hydrogens is 382 g/mol. The van der Waals surface area contributed by atoms with Crippen LogP contribution in [-0.2, 0) is 20.8 Å². The largest absolute Gasteiger partial charge is 0.462 e. The van der Waals surface area contributed by atoms with Gasteiger partial charge in [0.15, 0.2) is 0 Å². The Balaban J connectivity index is 2.36. The number of nitrogens with two attached hydrogens (primary N) is 1.